The van der Waals surface area contributed by atoms with Crippen molar-refractivity contribution in [1.29, 1.82) is 0 Å². The zero-order valence-electron chi connectivity index (χ0n) is 11.5. The van der Waals surface area contributed by atoms with E-state index in [1.165, 1.54) is 0 Å². The van der Waals surface area contributed by atoms with Crippen LogP contribution in [0.4, 0.5) is 0 Å². The molecule has 3 rings (SSSR count). The largest absolute Gasteiger partial charge is 0.346 e. The van der Waals surface area contributed by atoms with Crippen molar-refractivity contribution in [3.05, 3.63) is 36.3 Å². The fourth-order valence-corrected chi connectivity index (χ4v) is 2.48. The van der Waals surface area contributed by atoms with Gasteiger partial charge in [0.2, 0.25) is 5.82 Å². The number of hydrogen-bond donors (Lipinski definition) is 1. The molecule has 1 fully saturated rings. The van der Waals surface area contributed by atoms with Gasteiger partial charge in [-0.15, -0.1) is 0 Å². The number of rotatable bonds is 2. The van der Waals surface area contributed by atoms with Crippen LogP contribution in [-0.2, 0) is 0 Å². The highest BCUT2D eigenvalue weighted by molar-refractivity contribution is 5.92. The summed E-state index contributed by atoms with van der Waals surface area (Å²) in [6.45, 7) is 2.03. The zero-order chi connectivity index (χ0) is 13.9. The minimum Gasteiger partial charge on any atom is -0.346 e. The summed E-state index contributed by atoms with van der Waals surface area (Å²) < 4.78 is 0. The van der Waals surface area contributed by atoms with Gasteiger partial charge in [0.15, 0.2) is 0 Å². The number of carbonyl (C=O) groups excluding carboxylic acids is 1. The Hall–Kier alpha value is -2.01. The average molecular weight is 270 g/mol. The van der Waals surface area contributed by atoms with Crippen LogP contribution in [0.15, 0.2) is 30.5 Å². The van der Waals surface area contributed by atoms with Crippen LogP contribution in [0.25, 0.3) is 10.9 Å². The van der Waals surface area contributed by atoms with Crippen molar-refractivity contribution in [1.82, 2.24) is 20.2 Å². The number of nitrogens with one attached hydrogen (secondary N) is 1. The van der Waals surface area contributed by atoms with E-state index in [2.05, 4.69) is 27.2 Å². The lowest BCUT2D eigenvalue weighted by molar-refractivity contribution is 0.0906. The SMILES string of the molecule is CN1CCC(NC(=O)c2ncc3ccccc3n2)CC1. The summed E-state index contributed by atoms with van der Waals surface area (Å²) in [5, 5.41) is 3.98. The second-order valence-electron chi connectivity index (χ2n) is 5.30. The fraction of sp³-hybridized carbons (Fsp3) is 0.400. The van der Waals surface area contributed by atoms with Gasteiger partial charge in [-0.1, -0.05) is 18.2 Å². The van der Waals surface area contributed by atoms with Crippen LogP contribution >= 0.6 is 0 Å². The highest BCUT2D eigenvalue weighted by Crippen LogP contribution is 2.11. The van der Waals surface area contributed by atoms with Gasteiger partial charge in [0.25, 0.3) is 5.91 Å². The summed E-state index contributed by atoms with van der Waals surface area (Å²) in [6.07, 6.45) is 3.66. The normalized spacial score (nSPS) is 17.2. The predicted octanol–water partition coefficient (Wildman–Crippen LogP) is 1.45. The van der Waals surface area contributed by atoms with Gasteiger partial charge in [-0.3, -0.25) is 4.79 Å². The lowest BCUT2D eigenvalue weighted by Gasteiger charge is -2.29. The molecule has 1 aliphatic rings. The molecule has 0 aliphatic carbocycles. The molecule has 1 aliphatic heterocycles. The van der Waals surface area contributed by atoms with Crippen LogP contribution < -0.4 is 5.32 Å². The van der Waals surface area contributed by atoms with Crippen molar-refractivity contribution in [3.8, 4) is 0 Å². The minimum absolute atomic E-state index is 0.176. The smallest absolute Gasteiger partial charge is 0.289 e. The van der Waals surface area contributed by atoms with Gasteiger partial charge in [0, 0.05) is 17.6 Å². The van der Waals surface area contributed by atoms with Crippen molar-refractivity contribution in [2.24, 2.45) is 0 Å². The first-order valence-corrected chi connectivity index (χ1v) is 6.93. The Morgan fingerprint density at radius 3 is 2.85 bits per heavy atom. The van der Waals surface area contributed by atoms with Gasteiger partial charge in [0.05, 0.1) is 5.52 Å². The van der Waals surface area contributed by atoms with Crippen LogP contribution in [0.2, 0.25) is 0 Å². The summed E-state index contributed by atoms with van der Waals surface area (Å²) in [6, 6.07) is 7.91. The van der Waals surface area contributed by atoms with E-state index < -0.39 is 0 Å². The lowest BCUT2D eigenvalue weighted by atomic mass is 10.1. The summed E-state index contributed by atoms with van der Waals surface area (Å²) >= 11 is 0. The molecule has 1 aromatic heterocycles. The van der Waals surface area contributed by atoms with Crippen LogP contribution in [0.5, 0.6) is 0 Å². The average Bonchev–Trinajstić information content (AvgIpc) is 2.49. The number of nitrogens with zero attached hydrogens (tertiary/aromatic N) is 3. The van der Waals surface area contributed by atoms with Gasteiger partial charge in [-0.2, -0.15) is 0 Å². The van der Waals surface area contributed by atoms with E-state index in [0.29, 0.717) is 0 Å². The van der Waals surface area contributed by atoms with E-state index in [-0.39, 0.29) is 17.8 Å². The van der Waals surface area contributed by atoms with E-state index in [9.17, 15) is 4.79 Å². The number of piperidine rings is 1. The third kappa shape index (κ3) is 2.77. The first-order chi connectivity index (χ1) is 9.72. The second-order valence-corrected chi connectivity index (χ2v) is 5.30. The highest BCUT2D eigenvalue weighted by atomic mass is 16.2. The van der Waals surface area contributed by atoms with Crippen molar-refractivity contribution in [2.75, 3.05) is 20.1 Å². The quantitative estimate of drug-likeness (QED) is 0.897. The van der Waals surface area contributed by atoms with Crippen molar-refractivity contribution in [3.63, 3.8) is 0 Å². The van der Waals surface area contributed by atoms with Crippen molar-refractivity contribution >= 4 is 16.8 Å². The fourth-order valence-electron chi connectivity index (χ4n) is 2.48. The molecule has 1 N–H and O–H groups in total. The predicted molar refractivity (Wildman–Crippen MR) is 77.5 cm³/mol. The van der Waals surface area contributed by atoms with Gasteiger partial charge in [-0.25, -0.2) is 9.97 Å². The Labute approximate surface area is 118 Å². The number of likely N-dealkylation sites (tertiary alicyclic amines) is 1. The third-order valence-electron chi connectivity index (χ3n) is 3.75. The molecule has 1 saturated heterocycles. The number of carbonyl (C=O) groups is 1. The summed E-state index contributed by atoms with van der Waals surface area (Å²) in [5.41, 5.74) is 0.802. The molecule has 0 spiro atoms. The maximum atomic E-state index is 12.2. The van der Waals surface area contributed by atoms with E-state index in [4.69, 9.17) is 0 Å². The number of amides is 1. The maximum Gasteiger partial charge on any atom is 0.289 e. The van der Waals surface area contributed by atoms with Crippen molar-refractivity contribution in [2.45, 2.75) is 18.9 Å². The molecular weight excluding hydrogens is 252 g/mol. The molecule has 0 atom stereocenters. The number of benzene rings is 1. The van der Waals surface area contributed by atoms with Gasteiger partial charge < -0.3 is 10.2 Å². The molecule has 1 aromatic carbocycles. The van der Waals surface area contributed by atoms with E-state index >= 15 is 0 Å². The maximum absolute atomic E-state index is 12.2. The van der Waals surface area contributed by atoms with Gasteiger partial charge in [-0.05, 0) is 39.0 Å². The topological polar surface area (TPSA) is 58.1 Å². The van der Waals surface area contributed by atoms with Crippen molar-refractivity contribution < 1.29 is 4.79 Å². The Morgan fingerprint density at radius 2 is 2.05 bits per heavy atom. The lowest BCUT2D eigenvalue weighted by Crippen LogP contribution is -2.43. The number of aromatic nitrogens is 2. The van der Waals surface area contributed by atoms with Crippen LogP contribution in [0.1, 0.15) is 23.5 Å². The Balaban J connectivity index is 1.72. The van der Waals surface area contributed by atoms with E-state index in [1.54, 1.807) is 6.20 Å². The molecule has 0 bridgehead atoms. The molecular formula is C15H18N4O. The Kier molecular flexibility index (Phi) is 3.60. The molecule has 20 heavy (non-hydrogen) atoms. The molecule has 0 radical (unpaired) electrons. The molecule has 104 valence electrons. The molecule has 5 heteroatoms. The minimum atomic E-state index is -0.176. The van der Waals surface area contributed by atoms with E-state index in [1.807, 2.05) is 24.3 Å². The monoisotopic (exact) mass is 270 g/mol. The second kappa shape index (κ2) is 5.54. The number of para-hydroxylation sites is 1. The summed E-state index contributed by atoms with van der Waals surface area (Å²) in [4.78, 5) is 22.9. The van der Waals surface area contributed by atoms with Crippen LogP contribution in [0.3, 0.4) is 0 Å². The third-order valence-corrected chi connectivity index (χ3v) is 3.75. The van der Waals surface area contributed by atoms with Gasteiger partial charge in [0.1, 0.15) is 0 Å². The standard InChI is InChI=1S/C15H18N4O/c1-19-8-6-12(7-9-19)17-15(20)14-16-10-11-4-2-3-5-13(11)18-14/h2-5,10,12H,6-9H2,1H3,(H,17,20). The van der Waals surface area contributed by atoms with E-state index in [0.717, 1.165) is 36.8 Å². The highest BCUT2D eigenvalue weighted by Gasteiger charge is 2.20. The molecule has 1 amide bonds. The van der Waals surface area contributed by atoms with Crippen LogP contribution in [-0.4, -0.2) is 47.0 Å². The van der Waals surface area contributed by atoms with Crippen LogP contribution in [0, 0.1) is 0 Å². The Morgan fingerprint density at radius 1 is 1.30 bits per heavy atom. The Bertz CT molecular complexity index is 620. The molecule has 0 saturated carbocycles. The summed E-state index contributed by atoms with van der Waals surface area (Å²) in [5.74, 6) is 0.0768. The number of hydrogen-bond acceptors (Lipinski definition) is 4. The first-order valence-electron chi connectivity index (χ1n) is 6.93. The first kappa shape index (κ1) is 13.0. The summed E-state index contributed by atoms with van der Waals surface area (Å²) in [7, 11) is 2.10. The van der Waals surface area contributed by atoms with Gasteiger partial charge >= 0.3 is 0 Å². The molecule has 2 aromatic rings. The number of fused-ring (bicyclic) bond motifs is 1. The zero-order valence-corrected chi connectivity index (χ0v) is 11.5. The molecule has 5 nitrogen and oxygen atoms in total. The molecule has 0 unspecified atom stereocenters. The molecule has 2 heterocycles.